The molecule has 0 saturated carbocycles. The molecule has 9 nitrogen and oxygen atoms in total. The van der Waals surface area contributed by atoms with Gasteiger partial charge in [-0.15, -0.1) is 0 Å². The number of nitro benzene ring substituents is 1. The normalized spacial score (nSPS) is 11.0. The van der Waals surface area contributed by atoms with Gasteiger partial charge in [0, 0.05) is 18.3 Å². The second-order valence-corrected chi connectivity index (χ2v) is 6.06. The number of hydrogen-bond donors (Lipinski definition) is 0. The lowest BCUT2D eigenvalue weighted by Gasteiger charge is -2.09. The average Bonchev–Trinajstić information content (AvgIpc) is 2.54. The standard InChI is InChI=1S/C13H10N2O7S/c1-22-13(17)9-6-7-12(16)14(8-9)23(20,21)11-5-3-2-4-10(11)15(18)19/h2-8H,1H3. The zero-order valence-corrected chi connectivity index (χ0v) is 12.5. The smallest absolute Gasteiger partial charge is 0.339 e. The van der Waals surface area contributed by atoms with E-state index in [-0.39, 0.29) is 9.54 Å². The zero-order valence-electron chi connectivity index (χ0n) is 11.7. The Balaban J connectivity index is 2.73. The van der Waals surface area contributed by atoms with Crippen molar-refractivity contribution in [3.8, 4) is 0 Å². The number of ether oxygens (including phenoxy) is 1. The molecule has 120 valence electrons. The molecule has 1 aromatic carbocycles. The lowest BCUT2D eigenvalue weighted by atomic mass is 10.3. The maximum atomic E-state index is 12.5. The van der Waals surface area contributed by atoms with Crippen LogP contribution in [0.5, 0.6) is 0 Å². The van der Waals surface area contributed by atoms with Gasteiger partial charge in [-0.1, -0.05) is 12.1 Å². The maximum Gasteiger partial charge on any atom is 0.339 e. The predicted octanol–water partition coefficient (Wildman–Crippen LogP) is 0.780. The highest BCUT2D eigenvalue weighted by Gasteiger charge is 2.28. The van der Waals surface area contributed by atoms with E-state index in [9.17, 15) is 28.1 Å². The van der Waals surface area contributed by atoms with Crippen LogP contribution in [0.1, 0.15) is 10.4 Å². The summed E-state index contributed by atoms with van der Waals surface area (Å²) in [6, 6.07) is 6.55. The van der Waals surface area contributed by atoms with Crippen LogP contribution in [0.2, 0.25) is 0 Å². The molecule has 1 aromatic heterocycles. The molecule has 23 heavy (non-hydrogen) atoms. The van der Waals surface area contributed by atoms with Gasteiger partial charge in [-0.25, -0.2) is 17.2 Å². The van der Waals surface area contributed by atoms with Gasteiger partial charge >= 0.3 is 5.97 Å². The molecule has 0 aliphatic carbocycles. The second kappa shape index (κ2) is 6.01. The third-order valence-corrected chi connectivity index (χ3v) is 4.60. The summed E-state index contributed by atoms with van der Waals surface area (Å²) in [6.07, 6.45) is 0.764. The molecule has 0 saturated heterocycles. The number of carbonyl (C=O) groups is 1. The van der Waals surface area contributed by atoms with Gasteiger partial charge in [-0.2, -0.15) is 0 Å². The monoisotopic (exact) mass is 338 g/mol. The molecule has 0 bridgehead atoms. The summed E-state index contributed by atoms with van der Waals surface area (Å²) in [5.74, 6) is -0.850. The molecule has 0 radical (unpaired) electrons. The van der Waals surface area contributed by atoms with Gasteiger partial charge in [0.25, 0.3) is 21.3 Å². The van der Waals surface area contributed by atoms with Crippen molar-refractivity contribution >= 4 is 21.7 Å². The van der Waals surface area contributed by atoms with Crippen LogP contribution >= 0.6 is 0 Å². The molecule has 0 amide bonds. The van der Waals surface area contributed by atoms with Gasteiger partial charge in [-0.3, -0.25) is 14.9 Å². The van der Waals surface area contributed by atoms with Crippen LogP contribution in [0, 0.1) is 10.1 Å². The number of benzene rings is 1. The van der Waals surface area contributed by atoms with Crippen molar-refractivity contribution in [1.29, 1.82) is 0 Å². The first-order valence-electron chi connectivity index (χ1n) is 6.09. The van der Waals surface area contributed by atoms with Gasteiger partial charge in [-0.05, 0) is 12.1 Å². The molecule has 0 N–H and O–H groups in total. The van der Waals surface area contributed by atoms with Crippen LogP contribution in [0.3, 0.4) is 0 Å². The Bertz CT molecular complexity index is 947. The Morgan fingerprint density at radius 1 is 1.22 bits per heavy atom. The maximum absolute atomic E-state index is 12.5. The third-order valence-electron chi connectivity index (χ3n) is 2.90. The molecule has 2 rings (SSSR count). The SMILES string of the molecule is COC(=O)c1ccc(=O)n(S(=O)(=O)c2ccccc2[N+](=O)[O-])c1. The lowest BCUT2D eigenvalue weighted by Crippen LogP contribution is -2.28. The van der Waals surface area contributed by atoms with Crippen LogP contribution in [0.15, 0.2) is 52.3 Å². The van der Waals surface area contributed by atoms with Gasteiger partial charge in [0.1, 0.15) is 0 Å². The average molecular weight is 338 g/mol. The number of aromatic nitrogens is 1. The van der Waals surface area contributed by atoms with Gasteiger partial charge in [0.15, 0.2) is 4.90 Å². The lowest BCUT2D eigenvalue weighted by molar-refractivity contribution is -0.387. The fourth-order valence-corrected chi connectivity index (χ4v) is 3.25. The fraction of sp³-hybridized carbons (Fsp3) is 0.0769. The third kappa shape index (κ3) is 2.97. The van der Waals surface area contributed by atoms with Gasteiger partial charge < -0.3 is 4.74 Å². The number of pyridine rings is 1. The molecule has 1 heterocycles. The number of hydrogen-bond acceptors (Lipinski definition) is 7. The van der Waals surface area contributed by atoms with E-state index < -0.39 is 37.1 Å². The van der Waals surface area contributed by atoms with Crippen molar-refractivity contribution in [2.45, 2.75) is 4.90 Å². The van der Waals surface area contributed by atoms with Crippen LogP contribution < -0.4 is 5.56 Å². The minimum atomic E-state index is -4.55. The van der Waals surface area contributed by atoms with Crippen molar-refractivity contribution < 1.29 is 22.9 Å². The van der Waals surface area contributed by atoms with E-state index in [0.29, 0.717) is 0 Å². The summed E-state index contributed by atoms with van der Waals surface area (Å²) < 4.78 is 29.8. The van der Waals surface area contributed by atoms with E-state index in [1.165, 1.54) is 12.1 Å². The van der Waals surface area contributed by atoms with Gasteiger partial charge in [0.05, 0.1) is 17.6 Å². The number of esters is 1. The van der Waals surface area contributed by atoms with E-state index in [4.69, 9.17) is 0 Å². The molecule has 2 aromatic rings. The van der Waals surface area contributed by atoms with E-state index in [2.05, 4.69) is 4.74 Å². The summed E-state index contributed by atoms with van der Waals surface area (Å²) in [6.45, 7) is 0. The van der Waals surface area contributed by atoms with Crippen molar-refractivity contribution in [3.63, 3.8) is 0 Å². The van der Waals surface area contributed by atoms with E-state index in [1.807, 2.05) is 0 Å². The number of nitro groups is 1. The largest absolute Gasteiger partial charge is 0.465 e. The number of carbonyl (C=O) groups excluding carboxylic acids is 1. The zero-order chi connectivity index (χ0) is 17.2. The first-order chi connectivity index (χ1) is 10.8. The van der Waals surface area contributed by atoms with Crippen molar-refractivity contribution in [1.82, 2.24) is 3.97 Å². The van der Waals surface area contributed by atoms with E-state index in [1.54, 1.807) is 0 Å². The molecule has 10 heteroatoms. The molecule has 0 unspecified atom stereocenters. The van der Waals surface area contributed by atoms with Crippen LogP contribution in [0.25, 0.3) is 0 Å². The highest BCUT2D eigenvalue weighted by Crippen LogP contribution is 2.24. The van der Waals surface area contributed by atoms with E-state index in [0.717, 1.165) is 37.6 Å². The number of nitrogens with zero attached hydrogens (tertiary/aromatic N) is 2. The molecule has 0 fully saturated rings. The van der Waals surface area contributed by atoms with Crippen LogP contribution in [0.4, 0.5) is 5.69 Å². The topological polar surface area (TPSA) is 126 Å². The number of rotatable bonds is 4. The number of methoxy groups -OCH3 is 1. The van der Waals surface area contributed by atoms with Crippen LogP contribution in [-0.4, -0.2) is 30.4 Å². The van der Waals surface area contributed by atoms with Crippen molar-refractivity contribution in [2.75, 3.05) is 7.11 Å². The van der Waals surface area contributed by atoms with Gasteiger partial charge in [0.2, 0.25) is 0 Å². The summed E-state index contributed by atoms with van der Waals surface area (Å²) >= 11 is 0. The summed E-state index contributed by atoms with van der Waals surface area (Å²) in [7, 11) is -3.46. The first kappa shape index (κ1) is 16.4. The molecule has 0 atom stereocenters. The molecule has 0 spiro atoms. The Kier molecular flexibility index (Phi) is 4.27. The highest BCUT2D eigenvalue weighted by molar-refractivity contribution is 7.90. The van der Waals surface area contributed by atoms with Crippen molar-refractivity contribution in [3.05, 3.63) is 68.6 Å². The minimum absolute atomic E-state index is 0.186. The van der Waals surface area contributed by atoms with E-state index >= 15 is 0 Å². The quantitative estimate of drug-likeness (QED) is 0.458. The first-order valence-corrected chi connectivity index (χ1v) is 7.53. The molecule has 0 aliphatic heterocycles. The fourth-order valence-electron chi connectivity index (χ4n) is 1.83. The summed E-state index contributed by atoms with van der Waals surface area (Å²) in [5, 5.41) is 11.0. The molecular formula is C13H10N2O7S. The highest BCUT2D eigenvalue weighted by atomic mass is 32.2. The Morgan fingerprint density at radius 2 is 1.87 bits per heavy atom. The van der Waals surface area contributed by atoms with Crippen LogP contribution in [-0.2, 0) is 14.8 Å². The van der Waals surface area contributed by atoms with Crippen molar-refractivity contribution in [2.24, 2.45) is 0 Å². The Hall–Kier alpha value is -3.01. The summed E-state index contributed by atoms with van der Waals surface area (Å²) in [5.41, 5.74) is -1.83. The summed E-state index contributed by atoms with van der Waals surface area (Å²) in [4.78, 5) is 32.8. The number of para-hydroxylation sites is 1. The second-order valence-electron chi connectivity index (χ2n) is 4.27. The molecular weight excluding hydrogens is 328 g/mol. The Morgan fingerprint density at radius 3 is 2.48 bits per heavy atom. The predicted molar refractivity (Wildman–Crippen MR) is 77.7 cm³/mol. The Labute approximate surface area is 129 Å². The molecule has 0 aliphatic rings. The minimum Gasteiger partial charge on any atom is -0.465 e.